The van der Waals surface area contributed by atoms with Crippen LogP contribution in [-0.2, 0) is 0 Å². The summed E-state index contributed by atoms with van der Waals surface area (Å²) in [5, 5.41) is 12.1. The summed E-state index contributed by atoms with van der Waals surface area (Å²) in [5.41, 5.74) is 0.758. The van der Waals surface area contributed by atoms with Crippen LogP contribution in [0.2, 0.25) is 0 Å². The number of rotatable bonds is 6. The van der Waals surface area contributed by atoms with E-state index >= 15 is 0 Å². The van der Waals surface area contributed by atoms with Crippen LogP contribution in [0.5, 0.6) is 0 Å². The molecule has 3 rings (SSSR count). The van der Waals surface area contributed by atoms with Crippen molar-refractivity contribution in [3.63, 3.8) is 0 Å². The number of carbonyl (C=O) groups excluding carboxylic acids is 1. The maximum absolute atomic E-state index is 12.5. The summed E-state index contributed by atoms with van der Waals surface area (Å²) >= 11 is 0. The SMILES string of the molecule is O=C(Nc1cccnc1N1CCCC1)N(CCO)CC1CC1. The molecule has 1 saturated heterocycles. The lowest BCUT2D eigenvalue weighted by Crippen LogP contribution is -2.38. The molecule has 0 aromatic carbocycles. The van der Waals surface area contributed by atoms with Crippen molar-refractivity contribution in [2.75, 3.05) is 43.0 Å². The Balaban J connectivity index is 1.69. The molecule has 2 N–H and O–H groups in total. The van der Waals surface area contributed by atoms with Crippen LogP contribution < -0.4 is 10.2 Å². The molecule has 1 aliphatic heterocycles. The Kier molecular flexibility index (Phi) is 4.77. The van der Waals surface area contributed by atoms with Crippen LogP contribution >= 0.6 is 0 Å². The Morgan fingerprint density at radius 1 is 1.41 bits per heavy atom. The van der Waals surface area contributed by atoms with E-state index in [4.69, 9.17) is 5.11 Å². The maximum Gasteiger partial charge on any atom is 0.322 e. The lowest BCUT2D eigenvalue weighted by atomic mass is 10.3. The second kappa shape index (κ2) is 6.96. The van der Waals surface area contributed by atoms with Gasteiger partial charge in [-0.05, 0) is 43.7 Å². The van der Waals surface area contributed by atoms with Crippen molar-refractivity contribution in [3.8, 4) is 0 Å². The average Bonchev–Trinajstić information content (AvgIpc) is 3.18. The van der Waals surface area contributed by atoms with Crippen molar-refractivity contribution >= 4 is 17.5 Å². The molecule has 2 amide bonds. The third kappa shape index (κ3) is 3.68. The monoisotopic (exact) mass is 304 g/mol. The minimum Gasteiger partial charge on any atom is -0.395 e. The molecular weight excluding hydrogens is 280 g/mol. The Labute approximate surface area is 131 Å². The van der Waals surface area contributed by atoms with Gasteiger partial charge in [-0.25, -0.2) is 9.78 Å². The average molecular weight is 304 g/mol. The van der Waals surface area contributed by atoms with Gasteiger partial charge in [0.25, 0.3) is 0 Å². The lowest BCUT2D eigenvalue weighted by Gasteiger charge is -2.24. The van der Waals surface area contributed by atoms with Crippen LogP contribution in [0.25, 0.3) is 0 Å². The first-order valence-corrected chi connectivity index (χ1v) is 8.14. The van der Waals surface area contributed by atoms with Crippen molar-refractivity contribution in [2.24, 2.45) is 5.92 Å². The maximum atomic E-state index is 12.5. The molecule has 2 aliphatic rings. The highest BCUT2D eigenvalue weighted by Gasteiger charge is 2.27. The van der Waals surface area contributed by atoms with Gasteiger partial charge in [-0.15, -0.1) is 0 Å². The fourth-order valence-corrected chi connectivity index (χ4v) is 2.88. The Morgan fingerprint density at radius 3 is 2.86 bits per heavy atom. The largest absolute Gasteiger partial charge is 0.395 e. The molecule has 1 saturated carbocycles. The number of hydrogen-bond acceptors (Lipinski definition) is 4. The van der Waals surface area contributed by atoms with Gasteiger partial charge in [0.15, 0.2) is 5.82 Å². The molecule has 1 aromatic rings. The van der Waals surface area contributed by atoms with E-state index in [1.54, 1.807) is 11.1 Å². The van der Waals surface area contributed by atoms with Crippen molar-refractivity contribution in [3.05, 3.63) is 18.3 Å². The summed E-state index contributed by atoms with van der Waals surface area (Å²) in [6.45, 7) is 3.07. The molecule has 2 heterocycles. The fraction of sp³-hybridized carbons (Fsp3) is 0.625. The molecule has 1 aliphatic carbocycles. The molecule has 6 heteroatoms. The van der Waals surface area contributed by atoms with E-state index in [0.717, 1.165) is 31.1 Å². The van der Waals surface area contributed by atoms with Gasteiger partial charge in [0.1, 0.15) is 0 Å². The number of carbonyl (C=O) groups is 1. The number of aromatic nitrogens is 1. The second-order valence-corrected chi connectivity index (χ2v) is 6.11. The quantitative estimate of drug-likeness (QED) is 0.842. The van der Waals surface area contributed by atoms with Crippen LogP contribution in [0, 0.1) is 5.92 Å². The highest BCUT2D eigenvalue weighted by Crippen LogP contribution is 2.30. The molecule has 0 radical (unpaired) electrons. The summed E-state index contributed by atoms with van der Waals surface area (Å²) in [6, 6.07) is 3.59. The minimum atomic E-state index is -0.144. The van der Waals surface area contributed by atoms with Crippen LogP contribution in [-0.4, -0.2) is 53.8 Å². The highest BCUT2D eigenvalue weighted by atomic mass is 16.3. The van der Waals surface area contributed by atoms with Gasteiger partial charge in [0.05, 0.1) is 12.3 Å². The number of nitrogens with zero attached hydrogens (tertiary/aromatic N) is 3. The predicted octanol–water partition coefficient (Wildman–Crippen LogP) is 1.92. The summed E-state index contributed by atoms with van der Waals surface area (Å²) in [5.74, 6) is 1.45. The molecule has 2 fully saturated rings. The van der Waals surface area contributed by atoms with E-state index in [0.29, 0.717) is 12.5 Å². The molecular formula is C16H24N4O2. The number of amides is 2. The molecule has 6 nitrogen and oxygen atoms in total. The van der Waals surface area contributed by atoms with Crippen LogP contribution in [0.4, 0.5) is 16.3 Å². The van der Waals surface area contributed by atoms with Gasteiger partial charge in [0, 0.05) is 32.4 Å². The first-order chi connectivity index (χ1) is 10.8. The Morgan fingerprint density at radius 2 is 2.18 bits per heavy atom. The highest BCUT2D eigenvalue weighted by molar-refractivity contribution is 5.92. The zero-order chi connectivity index (χ0) is 15.4. The smallest absolute Gasteiger partial charge is 0.322 e. The molecule has 0 bridgehead atoms. The van der Waals surface area contributed by atoms with E-state index in [9.17, 15) is 4.79 Å². The van der Waals surface area contributed by atoms with Crippen molar-refractivity contribution in [1.29, 1.82) is 0 Å². The zero-order valence-corrected chi connectivity index (χ0v) is 12.9. The van der Waals surface area contributed by atoms with E-state index in [-0.39, 0.29) is 12.6 Å². The summed E-state index contributed by atoms with van der Waals surface area (Å²) in [7, 11) is 0. The number of hydrogen-bond donors (Lipinski definition) is 2. The van der Waals surface area contributed by atoms with Gasteiger partial charge in [-0.1, -0.05) is 0 Å². The third-order valence-electron chi connectivity index (χ3n) is 4.27. The number of nitrogens with one attached hydrogen (secondary N) is 1. The van der Waals surface area contributed by atoms with Gasteiger partial charge < -0.3 is 20.2 Å². The number of pyridine rings is 1. The second-order valence-electron chi connectivity index (χ2n) is 6.11. The summed E-state index contributed by atoms with van der Waals surface area (Å²) in [6.07, 6.45) is 6.46. The van der Waals surface area contributed by atoms with Crippen LogP contribution in [0.1, 0.15) is 25.7 Å². The Bertz CT molecular complexity index is 513. The standard InChI is InChI=1S/C16H24N4O2/c21-11-10-20(12-13-5-6-13)16(22)18-14-4-3-7-17-15(14)19-8-1-2-9-19/h3-4,7,13,21H,1-2,5-6,8-12H2,(H,18,22). The number of aliphatic hydroxyl groups excluding tert-OH is 1. The molecule has 0 atom stereocenters. The van der Waals surface area contributed by atoms with E-state index in [1.165, 1.54) is 25.7 Å². The van der Waals surface area contributed by atoms with E-state index < -0.39 is 0 Å². The molecule has 22 heavy (non-hydrogen) atoms. The van der Waals surface area contributed by atoms with Crippen molar-refractivity contribution < 1.29 is 9.90 Å². The van der Waals surface area contributed by atoms with Crippen LogP contribution in [0.3, 0.4) is 0 Å². The first-order valence-electron chi connectivity index (χ1n) is 8.14. The van der Waals surface area contributed by atoms with Gasteiger partial charge in [0.2, 0.25) is 0 Å². The van der Waals surface area contributed by atoms with E-state index in [1.807, 2.05) is 12.1 Å². The summed E-state index contributed by atoms with van der Waals surface area (Å²) < 4.78 is 0. The topological polar surface area (TPSA) is 68.7 Å². The fourth-order valence-electron chi connectivity index (χ4n) is 2.88. The first kappa shape index (κ1) is 15.1. The normalized spacial score (nSPS) is 17.6. The zero-order valence-electron chi connectivity index (χ0n) is 12.9. The number of urea groups is 1. The van der Waals surface area contributed by atoms with E-state index in [2.05, 4.69) is 15.2 Å². The van der Waals surface area contributed by atoms with Gasteiger partial charge >= 0.3 is 6.03 Å². The number of aliphatic hydroxyl groups is 1. The third-order valence-corrected chi connectivity index (χ3v) is 4.27. The Hall–Kier alpha value is -1.82. The molecule has 1 aromatic heterocycles. The molecule has 0 unspecified atom stereocenters. The summed E-state index contributed by atoms with van der Waals surface area (Å²) in [4.78, 5) is 20.8. The van der Waals surface area contributed by atoms with Crippen LogP contribution in [0.15, 0.2) is 18.3 Å². The number of anilines is 2. The van der Waals surface area contributed by atoms with Gasteiger partial charge in [-0.2, -0.15) is 0 Å². The minimum absolute atomic E-state index is 0.00778. The lowest BCUT2D eigenvalue weighted by molar-refractivity contribution is 0.185. The van der Waals surface area contributed by atoms with Crippen molar-refractivity contribution in [1.82, 2.24) is 9.88 Å². The van der Waals surface area contributed by atoms with Gasteiger partial charge in [-0.3, -0.25) is 0 Å². The molecule has 0 spiro atoms. The van der Waals surface area contributed by atoms with Crippen molar-refractivity contribution in [2.45, 2.75) is 25.7 Å². The predicted molar refractivity (Wildman–Crippen MR) is 86.1 cm³/mol. The molecule has 120 valence electrons.